The standard InChI is InChI=1S/C26H23N3O5/c1-29(2)19-6-4-5-16(13-19)14-21(25(30)17-7-10-20(33-3)11-8-17)24(26(31)32)18-9-12-22-23(15-18)28-34-27-22/h4-13,15H,14H2,1-3H3,(H,31,32). The number of carboxylic acids is 1. The van der Waals surface area contributed by atoms with Crippen LogP contribution >= 0.6 is 0 Å². The molecule has 1 N–H and O–H groups in total. The summed E-state index contributed by atoms with van der Waals surface area (Å²) in [5.74, 6) is -0.992. The zero-order valence-corrected chi connectivity index (χ0v) is 19.0. The number of carbonyl (C=O) groups is 2. The van der Waals surface area contributed by atoms with E-state index in [2.05, 4.69) is 10.3 Å². The van der Waals surface area contributed by atoms with E-state index < -0.39 is 5.97 Å². The van der Waals surface area contributed by atoms with E-state index >= 15 is 0 Å². The van der Waals surface area contributed by atoms with Crippen molar-refractivity contribution in [2.75, 3.05) is 26.1 Å². The monoisotopic (exact) mass is 457 g/mol. The lowest BCUT2D eigenvalue weighted by molar-refractivity contribution is -0.130. The largest absolute Gasteiger partial charge is 0.497 e. The Labute approximate surface area is 196 Å². The lowest BCUT2D eigenvalue weighted by Crippen LogP contribution is -2.14. The number of hydrogen-bond donors (Lipinski definition) is 1. The summed E-state index contributed by atoms with van der Waals surface area (Å²) in [7, 11) is 5.38. The van der Waals surface area contributed by atoms with Gasteiger partial charge in [-0.25, -0.2) is 9.42 Å². The van der Waals surface area contributed by atoms with Crippen LogP contribution in [0, 0.1) is 0 Å². The van der Waals surface area contributed by atoms with E-state index in [1.807, 2.05) is 43.3 Å². The summed E-state index contributed by atoms with van der Waals surface area (Å²) in [6.07, 6.45) is 0.128. The lowest BCUT2D eigenvalue weighted by atomic mass is 9.89. The molecule has 3 aromatic carbocycles. The summed E-state index contributed by atoms with van der Waals surface area (Å²) < 4.78 is 9.93. The summed E-state index contributed by atoms with van der Waals surface area (Å²) in [5.41, 5.74) is 3.42. The second kappa shape index (κ2) is 9.58. The van der Waals surface area contributed by atoms with Gasteiger partial charge in [-0.2, -0.15) is 0 Å². The predicted molar refractivity (Wildman–Crippen MR) is 128 cm³/mol. The van der Waals surface area contributed by atoms with Crippen LogP contribution in [0.15, 0.2) is 76.9 Å². The van der Waals surface area contributed by atoms with Gasteiger partial charge in [0, 0.05) is 37.3 Å². The van der Waals surface area contributed by atoms with Crippen molar-refractivity contribution in [3.63, 3.8) is 0 Å². The molecule has 4 aromatic rings. The maximum Gasteiger partial charge on any atom is 0.336 e. The van der Waals surface area contributed by atoms with E-state index in [1.54, 1.807) is 42.5 Å². The van der Waals surface area contributed by atoms with Crippen LogP contribution < -0.4 is 9.64 Å². The lowest BCUT2D eigenvalue weighted by Gasteiger charge is -2.16. The number of hydrogen-bond acceptors (Lipinski definition) is 7. The number of anilines is 1. The summed E-state index contributed by atoms with van der Waals surface area (Å²) in [6, 6.07) is 19.0. The molecule has 0 aliphatic carbocycles. The zero-order valence-electron chi connectivity index (χ0n) is 19.0. The van der Waals surface area contributed by atoms with Crippen LogP contribution in [0.2, 0.25) is 0 Å². The molecule has 0 saturated carbocycles. The van der Waals surface area contributed by atoms with Gasteiger partial charge in [0.15, 0.2) is 5.78 Å². The van der Waals surface area contributed by atoms with Gasteiger partial charge in [0.05, 0.1) is 12.7 Å². The Balaban J connectivity index is 1.89. The first kappa shape index (κ1) is 22.7. The highest BCUT2D eigenvalue weighted by Crippen LogP contribution is 2.29. The first-order valence-electron chi connectivity index (χ1n) is 10.5. The highest BCUT2D eigenvalue weighted by Gasteiger charge is 2.24. The van der Waals surface area contributed by atoms with Crippen molar-refractivity contribution in [1.82, 2.24) is 10.3 Å². The molecule has 0 radical (unpaired) electrons. The minimum atomic E-state index is -1.21. The Bertz CT molecular complexity index is 1390. The molecular formula is C26H23N3O5. The van der Waals surface area contributed by atoms with Gasteiger partial charge in [-0.3, -0.25) is 4.79 Å². The van der Waals surface area contributed by atoms with E-state index in [1.165, 1.54) is 7.11 Å². The number of rotatable bonds is 8. The van der Waals surface area contributed by atoms with Gasteiger partial charge in [-0.1, -0.05) is 18.2 Å². The molecule has 1 heterocycles. The maximum absolute atomic E-state index is 13.7. The van der Waals surface area contributed by atoms with E-state index in [9.17, 15) is 14.7 Å². The third kappa shape index (κ3) is 4.66. The molecule has 0 spiro atoms. The van der Waals surface area contributed by atoms with E-state index in [0.717, 1.165) is 11.3 Å². The van der Waals surface area contributed by atoms with Gasteiger partial charge in [0.2, 0.25) is 0 Å². The first-order valence-corrected chi connectivity index (χ1v) is 10.5. The number of fused-ring (bicyclic) bond motifs is 1. The number of ether oxygens (including phenoxy) is 1. The van der Waals surface area contributed by atoms with Crippen molar-refractivity contribution >= 4 is 34.0 Å². The number of methoxy groups -OCH3 is 1. The third-order valence-corrected chi connectivity index (χ3v) is 5.49. The average Bonchev–Trinajstić information content (AvgIpc) is 3.31. The molecule has 0 amide bonds. The number of allylic oxidation sites excluding steroid dienone is 1. The van der Waals surface area contributed by atoms with Crippen LogP contribution in [0.3, 0.4) is 0 Å². The van der Waals surface area contributed by atoms with Crippen LogP contribution in [-0.4, -0.2) is 48.4 Å². The molecule has 0 saturated heterocycles. The van der Waals surface area contributed by atoms with Crippen LogP contribution in [0.1, 0.15) is 21.5 Å². The number of aromatic nitrogens is 2. The second-order valence-electron chi connectivity index (χ2n) is 7.93. The van der Waals surface area contributed by atoms with Crippen LogP contribution in [0.4, 0.5) is 5.69 Å². The highest BCUT2D eigenvalue weighted by molar-refractivity contribution is 6.26. The van der Waals surface area contributed by atoms with E-state index in [0.29, 0.717) is 27.9 Å². The summed E-state index contributed by atoms with van der Waals surface area (Å²) in [4.78, 5) is 28.1. The Kier molecular flexibility index (Phi) is 6.40. The molecule has 4 rings (SSSR count). The van der Waals surface area contributed by atoms with Gasteiger partial charge in [-0.05, 0) is 70.0 Å². The number of carbonyl (C=O) groups excluding carboxylic acids is 1. The van der Waals surface area contributed by atoms with Crippen molar-refractivity contribution in [2.45, 2.75) is 6.42 Å². The topological polar surface area (TPSA) is 106 Å². The maximum atomic E-state index is 13.7. The molecule has 8 nitrogen and oxygen atoms in total. The number of benzene rings is 3. The fraction of sp³-hybridized carbons (Fsp3) is 0.154. The van der Waals surface area contributed by atoms with Gasteiger partial charge in [0.25, 0.3) is 0 Å². The smallest absolute Gasteiger partial charge is 0.336 e. The molecule has 1 aromatic heterocycles. The molecule has 0 unspecified atom stereocenters. The molecular weight excluding hydrogens is 434 g/mol. The van der Waals surface area contributed by atoms with Crippen LogP contribution in [-0.2, 0) is 11.2 Å². The molecule has 34 heavy (non-hydrogen) atoms. The van der Waals surface area contributed by atoms with Gasteiger partial charge >= 0.3 is 5.97 Å². The number of carboxylic acid groups (broad SMARTS) is 1. The summed E-state index contributed by atoms with van der Waals surface area (Å²) in [5, 5.41) is 17.8. The number of aliphatic carboxylic acids is 1. The second-order valence-corrected chi connectivity index (χ2v) is 7.93. The van der Waals surface area contributed by atoms with Crippen molar-refractivity contribution in [2.24, 2.45) is 0 Å². The Hall–Kier alpha value is -4.46. The van der Waals surface area contributed by atoms with Crippen molar-refractivity contribution in [3.05, 3.63) is 89.0 Å². The van der Waals surface area contributed by atoms with Gasteiger partial charge in [0.1, 0.15) is 16.8 Å². The van der Waals surface area contributed by atoms with Crippen LogP contribution in [0.5, 0.6) is 5.75 Å². The Morgan fingerprint density at radius 3 is 2.32 bits per heavy atom. The fourth-order valence-electron chi connectivity index (χ4n) is 3.71. The zero-order chi connectivity index (χ0) is 24.2. The minimum Gasteiger partial charge on any atom is -0.497 e. The van der Waals surface area contributed by atoms with E-state index in [4.69, 9.17) is 9.37 Å². The van der Waals surface area contributed by atoms with Gasteiger partial charge < -0.3 is 14.7 Å². The molecule has 0 aliphatic heterocycles. The fourth-order valence-corrected chi connectivity index (χ4v) is 3.71. The van der Waals surface area contributed by atoms with Crippen LogP contribution in [0.25, 0.3) is 16.6 Å². The summed E-state index contributed by atoms with van der Waals surface area (Å²) in [6.45, 7) is 0. The average molecular weight is 457 g/mol. The highest BCUT2D eigenvalue weighted by atomic mass is 16.6. The molecule has 0 fully saturated rings. The Morgan fingerprint density at radius 2 is 1.65 bits per heavy atom. The van der Waals surface area contributed by atoms with Gasteiger partial charge in [-0.15, -0.1) is 0 Å². The third-order valence-electron chi connectivity index (χ3n) is 5.49. The van der Waals surface area contributed by atoms with Crippen molar-refractivity contribution in [1.29, 1.82) is 0 Å². The molecule has 172 valence electrons. The number of Topliss-reactive ketones (excluding diaryl/α,β-unsaturated/α-hetero) is 1. The predicted octanol–water partition coefficient (Wildman–Crippen LogP) is 4.26. The normalized spacial score (nSPS) is 11.7. The number of nitrogens with zero attached hydrogens (tertiary/aromatic N) is 3. The molecule has 0 bridgehead atoms. The quantitative estimate of drug-likeness (QED) is 0.309. The van der Waals surface area contributed by atoms with E-state index in [-0.39, 0.29) is 23.4 Å². The number of ketones is 1. The molecule has 8 heteroatoms. The molecule has 0 atom stereocenters. The SMILES string of the molecule is COc1ccc(C(=O)C(Cc2cccc(N(C)C)c2)=C(C(=O)O)c2ccc3nonc3c2)cc1. The first-order chi connectivity index (χ1) is 16.4. The minimum absolute atomic E-state index is 0.0963. The van der Waals surface area contributed by atoms with Crippen molar-refractivity contribution < 1.29 is 24.1 Å². The summed E-state index contributed by atoms with van der Waals surface area (Å²) >= 11 is 0. The van der Waals surface area contributed by atoms with Crippen molar-refractivity contribution in [3.8, 4) is 5.75 Å². The Morgan fingerprint density at radius 1 is 0.941 bits per heavy atom. The molecule has 0 aliphatic rings.